The number of hydrogen-bond donors (Lipinski definition) is 1. The van der Waals surface area contributed by atoms with Gasteiger partial charge in [0, 0.05) is 10.4 Å². The summed E-state index contributed by atoms with van der Waals surface area (Å²) in [7, 11) is 0. The number of aryl methyl sites for hydroxylation is 2. The van der Waals surface area contributed by atoms with Crippen LogP contribution >= 0.6 is 11.3 Å². The summed E-state index contributed by atoms with van der Waals surface area (Å²) >= 11 is 1.54. The topological polar surface area (TPSA) is 68.0 Å². The Morgan fingerprint density at radius 1 is 1.27 bits per heavy atom. The van der Waals surface area contributed by atoms with Gasteiger partial charge in [-0.1, -0.05) is 28.9 Å². The zero-order valence-electron chi connectivity index (χ0n) is 12.3. The van der Waals surface area contributed by atoms with Gasteiger partial charge in [-0.2, -0.15) is 0 Å². The second kappa shape index (κ2) is 6.11. The Morgan fingerprint density at radius 2 is 2.14 bits per heavy atom. The second-order valence-electron chi connectivity index (χ2n) is 5.04. The monoisotopic (exact) mass is 313 g/mol. The Bertz CT molecular complexity index is 794. The summed E-state index contributed by atoms with van der Waals surface area (Å²) in [6, 6.07) is 9.97. The second-order valence-corrected chi connectivity index (χ2v) is 6.07. The number of nitrogens with one attached hydrogen (secondary N) is 1. The van der Waals surface area contributed by atoms with E-state index in [9.17, 15) is 4.79 Å². The first-order valence-electron chi connectivity index (χ1n) is 6.85. The molecule has 22 heavy (non-hydrogen) atoms. The van der Waals surface area contributed by atoms with E-state index in [2.05, 4.69) is 15.5 Å². The molecular weight excluding hydrogens is 298 g/mol. The van der Waals surface area contributed by atoms with E-state index in [1.54, 1.807) is 0 Å². The maximum atomic E-state index is 11.9. The summed E-state index contributed by atoms with van der Waals surface area (Å²) in [4.78, 5) is 12.9. The molecule has 0 spiro atoms. The SMILES string of the molecule is Cc1ccc(C)c(-c2nnc(NC(=O)Cc3cccs3)o2)c1. The Kier molecular flexibility index (Phi) is 4.02. The van der Waals surface area contributed by atoms with E-state index < -0.39 is 0 Å². The average molecular weight is 313 g/mol. The molecular formula is C16H15N3O2S. The van der Waals surface area contributed by atoms with Crippen LogP contribution in [0.5, 0.6) is 0 Å². The van der Waals surface area contributed by atoms with E-state index in [-0.39, 0.29) is 11.9 Å². The van der Waals surface area contributed by atoms with Gasteiger partial charge in [0.1, 0.15) is 0 Å². The Balaban J connectivity index is 1.73. The molecule has 1 N–H and O–H groups in total. The van der Waals surface area contributed by atoms with Gasteiger partial charge in [-0.15, -0.1) is 16.4 Å². The first-order chi connectivity index (χ1) is 10.6. The molecule has 0 aliphatic carbocycles. The van der Waals surface area contributed by atoms with Crippen LogP contribution in [0.2, 0.25) is 0 Å². The van der Waals surface area contributed by atoms with Crippen molar-refractivity contribution in [3.63, 3.8) is 0 Å². The molecule has 0 saturated carbocycles. The molecule has 0 fully saturated rings. The van der Waals surface area contributed by atoms with E-state index in [1.807, 2.05) is 49.6 Å². The first-order valence-corrected chi connectivity index (χ1v) is 7.73. The van der Waals surface area contributed by atoms with Gasteiger partial charge >= 0.3 is 6.01 Å². The lowest BCUT2D eigenvalue weighted by Crippen LogP contribution is -2.13. The third-order valence-electron chi connectivity index (χ3n) is 3.21. The van der Waals surface area contributed by atoms with Crippen LogP contribution in [0.15, 0.2) is 40.1 Å². The fourth-order valence-corrected chi connectivity index (χ4v) is 2.79. The van der Waals surface area contributed by atoms with Crippen molar-refractivity contribution in [3.8, 4) is 11.5 Å². The lowest BCUT2D eigenvalue weighted by molar-refractivity contribution is -0.115. The summed E-state index contributed by atoms with van der Waals surface area (Å²) < 4.78 is 5.54. The zero-order valence-corrected chi connectivity index (χ0v) is 13.1. The highest BCUT2D eigenvalue weighted by Crippen LogP contribution is 2.24. The van der Waals surface area contributed by atoms with Crippen molar-refractivity contribution in [2.45, 2.75) is 20.3 Å². The smallest absolute Gasteiger partial charge is 0.322 e. The lowest BCUT2D eigenvalue weighted by atomic mass is 10.1. The number of aromatic nitrogens is 2. The van der Waals surface area contributed by atoms with E-state index in [1.165, 1.54) is 11.3 Å². The fraction of sp³-hybridized carbons (Fsp3) is 0.188. The largest absolute Gasteiger partial charge is 0.403 e. The van der Waals surface area contributed by atoms with Gasteiger partial charge in [-0.25, -0.2) is 0 Å². The zero-order chi connectivity index (χ0) is 15.5. The molecule has 0 bridgehead atoms. The third kappa shape index (κ3) is 3.23. The van der Waals surface area contributed by atoms with Gasteiger partial charge in [0.05, 0.1) is 6.42 Å². The van der Waals surface area contributed by atoms with Crippen LogP contribution < -0.4 is 5.32 Å². The van der Waals surface area contributed by atoms with Crippen molar-refractivity contribution in [2.24, 2.45) is 0 Å². The van der Waals surface area contributed by atoms with Crippen LogP contribution in [0.1, 0.15) is 16.0 Å². The Hall–Kier alpha value is -2.47. The molecule has 0 radical (unpaired) electrons. The minimum Gasteiger partial charge on any atom is -0.403 e. The molecule has 3 aromatic rings. The summed E-state index contributed by atoms with van der Waals surface area (Å²) in [6.07, 6.45) is 0.304. The van der Waals surface area contributed by atoms with Crippen molar-refractivity contribution in [1.29, 1.82) is 0 Å². The normalized spacial score (nSPS) is 10.6. The van der Waals surface area contributed by atoms with Crippen LogP contribution in [0, 0.1) is 13.8 Å². The average Bonchev–Trinajstić information content (AvgIpc) is 3.13. The number of amides is 1. The lowest BCUT2D eigenvalue weighted by Gasteiger charge is -2.02. The molecule has 2 aromatic heterocycles. The molecule has 1 amide bonds. The van der Waals surface area contributed by atoms with E-state index in [0.717, 1.165) is 21.6 Å². The molecule has 112 valence electrons. The van der Waals surface area contributed by atoms with Gasteiger partial charge in [-0.3, -0.25) is 10.1 Å². The van der Waals surface area contributed by atoms with Crippen molar-refractivity contribution in [3.05, 3.63) is 51.7 Å². The summed E-state index contributed by atoms with van der Waals surface area (Å²) in [5, 5.41) is 12.5. The number of carbonyl (C=O) groups excluding carboxylic acids is 1. The predicted molar refractivity (Wildman–Crippen MR) is 85.9 cm³/mol. The van der Waals surface area contributed by atoms with Crippen LogP contribution in [-0.2, 0) is 11.2 Å². The number of hydrogen-bond acceptors (Lipinski definition) is 5. The Labute approximate surface area is 132 Å². The van der Waals surface area contributed by atoms with Crippen molar-refractivity contribution < 1.29 is 9.21 Å². The maximum Gasteiger partial charge on any atom is 0.322 e. The molecule has 1 aromatic carbocycles. The molecule has 3 rings (SSSR count). The van der Waals surface area contributed by atoms with Gasteiger partial charge < -0.3 is 4.42 Å². The van der Waals surface area contributed by atoms with Crippen molar-refractivity contribution in [1.82, 2.24) is 10.2 Å². The number of carbonyl (C=O) groups is 1. The van der Waals surface area contributed by atoms with Gasteiger partial charge in [0.25, 0.3) is 0 Å². The minimum atomic E-state index is -0.168. The molecule has 0 aliphatic heterocycles. The molecule has 0 atom stereocenters. The molecule has 0 saturated heterocycles. The van der Waals surface area contributed by atoms with Crippen molar-refractivity contribution in [2.75, 3.05) is 5.32 Å². The maximum absolute atomic E-state index is 11.9. The quantitative estimate of drug-likeness (QED) is 0.799. The van der Waals surface area contributed by atoms with E-state index >= 15 is 0 Å². The number of thiophene rings is 1. The predicted octanol–water partition coefficient (Wildman–Crippen LogP) is 3.60. The number of benzene rings is 1. The highest BCUT2D eigenvalue weighted by Gasteiger charge is 2.13. The van der Waals surface area contributed by atoms with Crippen LogP contribution in [0.25, 0.3) is 11.5 Å². The van der Waals surface area contributed by atoms with Crippen LogP contribution in [0.4, 0.5) is 6.01 Å². The third-order valence-corrected chi connectivity index (χ3v) is 4.09. The van der Waals surface area contributed by atoms with Crippen molar-refractivity contribution >= 4 is 23.3 Å². The standard InChI is InChI=1S/C16H15N3O2S/c1-10-5-6-11(2)13(8-10)15-18-19-16(21-15)17-14(20)9-12-4-3-7-22-12/h3-8H,9H2,1-2H3,(H,17,19,20). The molecule has 5 nitrogen and oxygen atoms in total. The van der Waals surface area contributed by atoms with Gasteiger partial charge in [-0.05, 0) is 36.9 Å². The summed E-state index contributed by atoms with van der Waals surface area (Å²) in [6.45, 7) is 3.98. The van der Waals surface area contributed by atoms with Gasteiger partial charge in [0.2, 0.25) is 11.8 Å². The van der Waals surface area contributed by atoms with Crippen LogP contribution in [0.3, 0.4) is 0 Å². The van der Waals surface area contributed by atoms with Gasteiger partial charge in [0.15, 0.2) is 0 Å². The molecule has 6 heteroatoms. The number of anilines is 1. The Morgan fingerprint density at radius 3 is 2.91 bits per heavy atom. The summed E-state index contributed by atoms with van der Waals surface area (Å²) in [5.74, 6) is 0.242. The minimum absolute atomic E-state index is 0.123. The van der Waals surface area contributed by atoms with Crippen LogP contribution in [-0.4, -0.2) is 16.1 Å². The fourth-order valence-electron chi connectivity index (χ4n) is 2.08. The molecule has 0 unspecified atom stereocenters. The molecule has 0 aliphatic rings. The number of rotatable bonds is 4. The highest BCUT2D eigenvalue weighted by atomic mass is 32.1. The molecule has 2 heterocycles. The first kappa shape index (κ1) is 14.5. The number of nitrogens with zero attached hydrogens (tertiary/aromatic N) is 2. The summed E-state index contributed by atoms with van der Waals surface area (Å²) in [5.41, 5.74) is 3.04. The van der Waals surface area contributed by atoms with E-state index in [4.69, 9.17) is 4.42 Å². The highest BCUT2D eigenvalue weighted by molar-refractivity contribution is 7.10. The van der Waals surface area contributed by atoms with E-state index in [0.29, 0.717) is 12.3 Å².